The van der Waals surface area contributed by atoms with Crippen molar-refractivity contribution in [2.24, 2.45) is 0 Å². The Hall–Kier alpha value is -2.60. The van der Waals surface area contributed by atoms with E-state index in [0.29, 0.717) is 12.4 Å². The number of anilines is 1. The van der Waals surface area contributed by atoms with Crippen LogP contribution in [0.5, 0.6) is 5.75 Å². The van der Waals surface area contributed by atoms with E-state index in [-0.39, 0.29) is 11.0 Å². The molecule has 2 aromatic rings. The first-order valence-corrected chi connectivity index (χ1v) is 7.57. The number of hydrogen-bond donors (Lipinski definition) is 2. The third kappa shape index (κ3) is 5.60. The van der Waals surface area contributed by atoms with Gasteiger partial charge in [-0.3, -0.25) is 10.1 Å². The fourth-order valence-electron chi connectivity index (χ4n) is 1.82. The second-order valence-electron chi connectivity index (χ2n) is 4.68. The Balaban J connectivity index is 1.83. The summed E-state index contributed by atoms with van der Waals surface area (Å²) in [6.07, 6.45) is 2.95. The molecule has 0 saturated heterocycles. The third-order valence-electron chi connectivity index (χ3n) is 2.82. The van der Waals surface area contributed by atoms with E-state index in [1.165, 1.54) is 6.08 Å². The molecule has 0 saturated carbocycles. The summed E-state index contributed by atoms with van der Waals surface area (Å²) in [5.74, 6) is 1.85. The molecule has 0 spiro atoms. The molecule has 5 nitrogen and oxygen atoms in total. The number of benzene rings is 1. The molecule has 1 amide bonds. The average Bonchev–Trinajstić information content (AvgIpc) is 2.93. The number of carbonyl (C=O) groups is 1. The Labute approximate surface area is 140 Å². The summed E-state index contributed by atoms with van der Waals surface area (Å²) in [6, 6.07) is 10.9. The maximum Gasteiger partial charge on any atom is 0.250 e. The molecule has 1 aromatic carbocycles. The number of amides is 1. The van der Waals surface area contributed by atoms with Crippen LogP contribution in [0.4, 0.5) is 5.69 Å². The van der Waals surface area contributed by atoms with Gasteiger partial charge >= 0.3 is 0 Å². The van der Waals surface area contributed by atoms with Crippen LogP contribution in [0.1, 0.15) is 18.4 Å². The predicted octanol–water partition coefficient (Wildman–Crippen LogP) is 3.51. The second-order valence-corrected chi connectivity index (χ2v) is 5.09. The number of rotatable bonds is 5. The molecular weight excluding hydrogens is 312 g/mol. The Morgan fingerprint density at radius 3 is 2.61 bits per heavy atom. The Morgan fingerprint density at radius 1 is 1.26 bits per heavy atom. The molecule has 0 bridgehead atoms. The van der Waals surface area contributed by atoms with E-state index in [9.17, 15) is 4.79 Å². The molecule has 6 heteroatoms. The lowest BCUT2D eigenvalue weighted by atomic mass is 10.3. The molecule has 120 valence electrons. The molecular formula is C17H18N2O3S. The number of thiocarbonyl (C=S) groups is 1. The van der Waals surface area contributed by atoms with E-state index in [2.05, 4.69) is 10.6 Å². The Kier molecular flexibility index (Phi) is 5.94. The highest BCUT2D eigenvalue weighted by Gasteiger charge is 2.02. The smallest absolute Gasteiger partial charge is 0.250 e. The van der Waals surface area contributed by atoms with E-state index in [0.717, 1.165) is 17.2 Å². The molecule has 0 unspecified atom stereocenters. The van der Waals surface area contributed by atoms with Crippen molar-refractivity contribution in [3.63, 3.8) is 0 Å². The van der Waals surface area contributed by atoms with Crippen LogP contribution in [-0.2, 0) is 4.79 Å². The first kappa shape index (κ1) is 16.8. The summed E-state index contributed by atoms with van der Waals surface area (Å²) in [6.45, 7) is 4.38. The number of nitrogens with one attached hydrogen (secondary N) is 2. The fourth-order valence-corrected chi connectivity index (χ4v) is 2.04. The number of furan rings is 1. The Morgan fingerprint density at radius 2 is 2.00 bits per heavy atom. The number of hydrogen-bond acceptors (Lipinski definition) is 4. The van der Waals surface area contributed by atoms with Crippen LogP contribution < -0.4 is 15.4 Å². The molecule has 0 aliphatic heterocycles. The zero-order valence-corrected chi connectivity index (χ0v) is 13.8. The van der Waals surface area contributed by atoms with E-state index < -0.39 is 0 Å². The highest BCUT2D eigenvalue weighted by Crippen LogP contribution is 2.15. The molecule has 0 aliphatic carbocycles. The summed E-state index contributed by atoms with van der Waals surface area (Å²) >= 11 is 5.10. The quantitative estimate of drug-likeness (QED) is 0.649. The molecule has 2 rings (SSSR count). The molecule has 0 aliphatic rings. The summed E-state index contributed by atoms with van der Waals surface area (Å²) in [4.78, 5) is 11.8. The fraction of sp³-hybridized carbons (Fsp3) is 0.176. The van der Waals surface area contributed by atoms with Gasteiger partial charge in [-0.05, 0) is 68.5 Å². The van der Waals surface area contributed by atoms with Crippen molar-refractivity contribution >= 4 is 35.0 Å². The molecule has 2 N–H and O–H groups in total. The number of carbonyl (C=O) groups excluding carboxylic acids is 1. The van der Waals surface area contributed by atoms with Gasteiger partial charge in [-0.2, -0.15) is 0 Å². The summed E-state index contributed by atoms with van der Waals surface area (Å²) in [5.41, 5.74) is 0.768. The largest absolute Gasteiger partial charge is 0.494 e. The van der Waals surface area contributed by atoms with Crippen LogP contribution in [0, 0.1) is 6.92 Å². The highest BCUT2D eigenvalue weighted by atomic mass is 32.1. The minimum absolute atomic E-state index is 0.222. The first-order valence-electron chi connectivity index (χ1n) is 7.16. The maximum absolute atomic E-state index is 11.8. The molecule has 1 heterocycles. The second kappa shape index (κ2) is 8.14. The van der Waals surface area contributed by atoms with E-state index in [1.54, 1.807) is 12.1 Å². The summed E-state index contributed by atoms with van der Waals surface area (Å²) in [7, 11) is 0. The van der Waals surface area contributed by atoms with Gasteiger partial charge in [0.2, 0.25) is 5.91 Å². The van der Waals surface area contributed by atoms with Gasteiger partial charge in [-0.1, -0.05) is 0 Å². The van der Waals surface area contributed by atoms with E-state index in [1.807, 2.05) is 44.2 Å². The zero-order valence-electron chi connectivity index (χ0n) is 13.0. The van der Waals surface area contributed by atoms with Crippen LogP contribution >= 0.6 is 12.2 Å². The SMILES string of the molecule is CCOc1ccc(NC(=S)NC(=O)C=Cc2ccc(C)o2)cc1. The van der Waals surface area contributed by atoms with Crippen LogP contribution in [0.2, 0.25) is 0 Å². The van der Waals surface area contributed by atoms with Gasteiger partial charge in [0.15, 0.2) is 5.11 Å². The highest BCUT2D eigenvalue weighted by molar-refractivity contribution is 7.80. The predicted molar refractivity (Wildman–Crippen MR) is 94.5 cm³/mol. The number of ether oxygens (including phenoxy) is 1. The third-order valence-corrected chi connectivity index (χ3v) is 3.02. The standard InChI is InChI=1S/C17H18N2O3S/c1-3-21-14-8-5-13(6-9-14)18-17(23)19-16(20)11-10-15-7-4-12(2)22-15/h4-11H,3H2,1-2H3,(H2,18,19,20,23). The Bertz CT molecular complexity index is 705. The van der Waals surface area contributed by atoms with Crippen molar-refractivity contribution in [3.05, 3.63) is 54.0 Å². The van der Waals surface area contributed by atoms with Crippen LogP contribution in [0.3, 0.4) is 0 Å². The van der Waals surface area contributed by atoms with Gasteiger partial charge < -0.3 is 14.5 Å². The average molecular weight is 330 g/mol. The van der Waals surface area contributed by atoms with Gasteiger partial charge in [-0.15, -0.1) is 0 Å². The van der Waals surface area contributed by atoms with Gasteiger partial charge in [0, 0.05) is 11.8 Å². The van der Waals surface area contributed by atoms with Crippen molar-refractivity contribution in [2.75, 3.05) is 11.9 Å². The lowest BCUT2D eigenvalue weighted by Gasteiger charge is -2.09. The normalized spacial score (nSPS) is 10.5. The first-order chi connectivity index (χ1) is 11.1. The lowest BCUT2D eigenvalue weighted by molar-refractivity contribution is -0.115. The maximum atomic E-state index is 11.8. The molecule has 23 heavy (non-hydrogen) atoms. The van der Waals surface area contributed by atoms with Crippen LogP contribution in [-0.4, -0.2) is 17.6 Å². The van der Waals surface area contributed by atoms with Crippen molar-refractivity contribution in [1.82, 2.24) is 5.32 Å². The summed E-state index contributed by atoms with van der Waals surface area (Å²) < 4.78 is 10.7. The number of aryl methyl sites for hydroxylation is 1. The van der Waals surface area contributed by atoms with Crippen LogP contribution in [0.15, 0.2) is 46.9 Å². The summed E-state index contributed by atoms with van der Waals surface area (Å²) in [5, 5.41) is 5.72. The van der Waals surface area contributed by atoms with Crippen LogP contribution in [0.25, 0.3) is 6.08 Å². The van der Waals surface area contributed by atoms with Crippen molar-refractivity contribution in [1.29, 1.82) is 0 Å². The van der Waals surface area contributed by atoms with Crippen molar-refractivity contribution in [3.8, 4) is 5.75 Å². The monoisotopic (exact) mass is 330 g/mol. The van der Waals surface area contributed by atoms with Gasteiger partial charge in [0.05, 0.1) is 6.61 Å². The van der Waals surface area contributed by atoms with Gasteiger partial charge in [-0.25, -0.2) is 0 Å². The minimum Gasteiger partial charge on any atom is -0.494 e. The molecule has 1 aromatic heterocycles. The minimum atomic E-state index is -0.331. The molecule has 0 fully saturated rings. The van der Waals surface area contributed by atoms with Crippen molar-refractivity contribution < 1.29 is 13.9 Å². The molecule has 0 atom stereocenters. The van der Waals surface area contributed by atoms with Gasteiger partial charge in [0.25, 0.3) is 0 Å². The van der Waals surface area contributed by atoms with E-state index in [4.69, 9.17) is 21.4 Å². The lowest BCUT2D eigenvalue weighted by Crippen LogP contribution is -2.32. The van der Waals surface area contributed by atoms with E-state index >= 15 is 0 Å². The van der Waals surface area contributed by atoms with Gasteiger partial charge in [0.1, 0.15) is 17.3 Å². The van der Waals surface area contributed by atoms with Crippen molar-refractivity contribution in [2.45, 2.75) is 13.8 Å². The molecule has 0 radical (unpaired) electrons. The zero-order chi connectivity index (χ0) is 16.7. The topological polar surface area (TPSA) is 63.5 Å².